The number of carbonyl (C=O) groups is 6. The van der Waals surface area contributed by atoms with Crippen molar-refractivity contribution in [1.82, 2.24) is 14.7 Å². The van der Waals surface area contributed by atoms with Crippen LogP contribution < -0.4 is 11.5 Å². The van der Waals surface area contributed by atoms with Gasteiger partial charge in [-0.05, 0) is 139 Å². The Kier molecular flexibility index (Phi) is 12.3. The molecule has 19 nitrogen and oxygen atoms in total. The minimum Gasteiger partial charge on any atom is -0.508 e. The molecule has 0 bridgehead atoms. The summed E-state index contributed by atoms with van der Waals surface area (Å²) in [7, 11) is 8.21. The SMILES string of the molecule is C=CCN(C)Cc1cc(C2CC2)c2c(c1O)C(O)=C1C(=O)[C@]3(O)C(O)=C(C(N)=O)C(=O)[C@@H](N(C)C)[C@@H]3C[C@@H]1C2.CN(C)[C@@H]1C(=O)C(C(N)=O)=C(O)[C@@]2(O)C(=O)C3=C(O)c4c(O)ccc(C5CC5)c4C[C@H]3C[C@@H]12. The largest absolute Gasteiger partial charge is 0.508 e. The van der Waals surface area contributed by atoms with Crippen LogP contribution in [-0.2, 0) is 48.2 Å². The molecular weight excluding hydrogens is 931 g/mol. The van der Waals surface area contributed by atoms with Crippen LogP contribution in [-0.4, -0.2) is 156 Å². The molecule has 0 heterocycles. The first-order chi connectivity index (χ1) is 33.8. The number of primary amides is 2. The van der Waals surface area contributed by atoms with Crippen LogP contribution in [0.2, 0.25) is 0 Å². The van der Waals surface area contributed by atoms with Gasteiger partial charge in [-0.25, -0.2) is 0 Å². The standard InChI is InChI=1S/C29H35N3O7.C24H26N2O7/c1-5-8-32(4)12-15-10-16(13-6-7-13)17-9-14-11-18-22(31(2)3)25(35)21(28(30)38)27(37)29(18,39)26(36)19(14)24(34)20(17)23(15)33;1-26(2)18-13-8-10-7-12-11(9-3-4-9)5-6-14(27)16(12)19(28)15(10)21(30)24(13,33)22(31)17(20(18)29)23(25)32/h5,10,13-14,18,22,33-34,37,39H,1,6-9,11-12H2,2-4H3,(H2,30,38);5-6,9-10,13,18,27-28,31,33H,3-4,7-8H2,1-2H3,(H2,25,32)/t14-,18-,22-,29-;10-,13-,18-,24-/m00/s1. The summed E-state index contributed by atoms with van der Waals surface area (Å²) < 4.78 is 0. The van der Waals surface area contributed by atoms with Gasteiger partial charge in [-0.1, -0.05) is 18.2 Å². The summed E-state index contributed by atoms with van der Waals surface area (Å²) in [5, 5.41) is 89.7. The van der Waals surface area contributed by atoms with Crippen LogP contribution in [0.4, 0.5) is 0 Å². The smallest absolute Gasteiger partial charge is 0.255 e. The Balaban J connectivity index is 0.000000180. The van der Waals surface area contributed by atoms with Crippen molar-refractivity contribution in [1.29, 1.82) is 0 Å². The number of Topliss-reactive ketones (excluding diaryl/α,β-unsaturated/α-hetero) is 4. The zero-order valence-electron chi connectivity index (χ0n) is 40.7. The number of aliphatic hydroxyl groups excluding tert-OH is 4. The second-order valence-corrected chi connectivity index (χ2v) is 21.3. The number of phenolic OH excluding ortho intramolecular Hbond substituents is 2. The second kappa shape index (κ2) is 17.5. The third kappa shape index (κ3) is 7.33. The highest BCUT2D eigenvalue weighted by atomic mass is 16.4. The number of aliphatic hydroxyl groups is 6. The summed E-state index contributed by atoms with van der Waals surface area (Å²) in [5.74, 6) is -12.0. The van der Waals surface area contributed by atoms with Crippen molar-refractivity contribution >= 4 is 46.5 Å². The van der Waals surface area contributed by atoms with Gasteiger partial charge in [0.2, 0.25) is 11.6 Å². The fourth-order valence-electron chi connectivity index (χ4n) is 12.9. The first-order valence-corrected chi connectivity index (χ1v) is 24.1. The maximum absolute atomic E-state index is 14.0. The number of hydrogen-bond acceptors (Lipinski definition) is 17. The number of fused-ring (bicyclic) bond motifs is 6. The Bertz CT molecular complexity index is 2960. The minimum absolute atomic E-state index is 0.0838. The molecule has 8 aliphatic carbocycles. The van der Waals surface area contributed by atoms with Gasteiger partial charge in [0.05, 0.1) is 23.2 Å². The van der Waals surface area contributed by atoms with Crippen LogP contribution in [0.5, 0.6) is 11.5 Å². The first kappa shape index (κ1) is 50.3. The van der Waals surface area contributed by atoms with E-state index in [1.807, 2.05) is 24.1 Å². The van der Waals surface area contributed by atoms with Crippen LogP contribution >= 0.6 is 0 Å². The summed E-state index contributed by atoms with van der Waals surface area (Å²) >= 11 is 0. The molecule has 0 unspecified atom stereocenters. The third-order valence-corrected chi connectivity index (χ3v) is 16.4. The van der Waals surface area contributed by atoms with E-state index in [4.69, 9.17) is 11.5 Å². The number of amides is 2. The summed E-state index contributed by atoms with van der Waals surface area (Å²) in [4.78, 5) is 83.1. The lowest BCUT2D eigenvalue weighted by atomic mass is 9.57. The van der Waals surface area contributed by atoms with E-state index in [0.717, 1.165) is 47.9 Å². The number of phenols is 2. The van der Waals surface area contributed by atoms with Crippen molar-refractivity contribution in [2.75, 3.05) is 41.8 Å². The summed E-state index contributed by atoms with van der Waals surface area (Å²) in [6.45, 7) is 4.71. The Morgan fingerprint density at radius 1 is 0.667 bits per heavy atom. The molecule has 0 spiro atoms. The number of nitrogens with zero attached hydrogens (tertiary/aromatic N) is 3. The zero-order valence-corrected chi connectivity index (χ0v) is 40.7. The Hall–Kier alpha value is -6.64. The highest BCUT2D eigenvalue weighted by Crippen LogP contribution is 2.57. The molecule has 0 radical (unpaired) electrons. The highest BCUT2D eigenvalue weighted by molar-refractivity contribution is 6.25. The molecule has 2 aromatic carbocycles. The quantitative estimate of drug-likeness (QED) is 0.121. The number of rotatable bonds is 10. The molecular formula is C53H61N5O14. The molecule has 19 heteroatoms. The molecule has 0 aliphatic heterocycles. The van der Waals surface area contributed by atoms with Crippen molar-refractivity contribution in [3.8, 4) is 11.5 Å². The van der Waals surface area contributed by atoms with Crippen molar-refractivity contribution in [2.45, 2.75) is 93.0 Å². The first-order valence-electron chi connectivity index (χ1n) is 24.1. The van der Waals surface area contributed by atoms with Crippen molar-refractivity contribution in [3.05, 3.63) is 104 Å². The second-order valence-electron chi connectivity index (χ2n) is 21.3. The number of likely N-dealkylation sites (N-methyl/N-ethyl adjacent to an activating group) is 3. The fourth-order valence-corrected chi connectivity index (χ4v) is 12.9. The maximum Gasteiger partial charge on any atom is 0.255 e. The van der Waals surface area contributed by atoms with Crippen LogP contribution in [0, 0.1) is 23.7 Å². The number of aromatic hydroxyl groups is 2. The van der Waals surface area contributed by atoms with E-state index in [1.54, 1.807) is 34.3 Å². The molecule has 382 valence electrons. The number of ketones is 4. The molecule has 10 rings (SSSR count). The molecule has 0 saturated heterocycles. The van der Waals surface area contributed by atoms with Gasteiger partial charge in [0.1, 0.15) is 45.7 Å². The Labute approximate surface area is 414 Å². The molecule has 4 fully saturated rings. The zero-order chi connectivity index (χ0) is 52.5. The molecule has 2 amide bonds. The van der Waals surface area contributed by atoms with Gasteiger partial charge >= 0.3 is 0 Å². The Morgan fingerprint density at radius 2 is 1.10 bits per heavy atom. The van der Waals surface area contributed by atoms with Gasteiger partial charge in [-0.3, -0.25) is 43.5 Å². The molecule has 4 saturated carbocycles. The van der Waals surface area contributed by atoms with Gasteiger partial charge in [0.15, 0.2) is 22.8 Å². The van der Waals surface area contributed by atoms with Gasteiger partial charge in [0.25, 0.3) is 11.8 Å². The molecule has 12 N–H and O–H groups in total. The summed E-state index contributed by atoms with van der Waals surface area (Å²) in [5.41, 5.74) is 8.07. The van der Waals surface area contributed by atoms with Crippen LogP contribution in [0.15, 0.2) is 64.7 Å². The summed E-state index contributed by atoms with van der Waals surface area (Å²) in [6, 6.07) is 3.13. The van der Waals surface area contributed by atoms with Crippen LogP contribution in [0.3, 0.4) is 0 Å². The van der Waals surface area contributed by atoms with E-state index >= 15 is 0 Å². The van der Waals surface area contributed by atoms with E-state index in [0.29, 0.717) is 37.4 Å². The van der Waals surface area contributed by atoms with E-state index in [2.05, 4.69) is 6.58 Å². The lowest BCUT2D eigenvalue weighted by Gasteiger charge is -2.50. The van der Waals surface area contributed by atoms with Crippen molar-refractivity contribution in [2.24, 2.45) is 35.1 Å². The van der Waals surface area contributed by atoms with E-state index in [1.165, 1.54) is 15.9 Å². The third-order valence-electron chi connectivity index (χ3n) is 16.4. The van der Waals surface area contributed by atoms with Crippen molar-refractivity contribution in [3.63, 3.8) is 0 Å². The van der Waals surface area contributed by atoms with E-state index in [9.17, 15) is 69.6 Å². The number of carbonyl (C=O) groups excluding carboxylic acids is 6. The summed E-state index contributed by atoms with van der Waals surface area (Å²) in [6.07, 6.45) is 6.56. The van der Waals surface area contributed by atoms with Crippen LogP contribution in [0.25, 0.3) is 11.5 Å². The van der Waals surface area contributed by atoms with Gasteiger partial charge in [-0.15, -0.1) is 6.58 Å². The topological polar surface area (TPSA) is 326 Å². The molecule has 2 aromatic rings. The van der Waals surface area contributed by atoms with E-state index < -0.39 is 116 Å². The predicted molar refractivity (Wildman–Crippen MR) is 259 cm³/mol. The lowest BCUT2D eigenvalue weighted by molar-refractivity contribution is -0.155. The minimum atomic E-state index is -2.64. The van der Waals surface area contributed by atoms with E-state index in [-0.39, 0.29) is 52.5 Å². The number of benzene rings is 2. The average molecular weight is 992 g/mol. The highest BCUT2D eigenvalue weighted by Gasteiger charge is 2.66. The normalized spacial score (nSPS) is 29.9. The predicted octanol–water partition coefficient (Wildman–Crippen LogP) is 2.30. The van der Waals surface area contributed by atoms with Crippen molar-refractivity contribution < 1.29 is 69.6 Å². The molecule has 72 heavy (non-hydrogen) atoms. The van der Waals surface area contributed by atoms with Gasteiger partial charge in [0, 0.05) is 41.6 Å². The fraction of sp³-hybridized carbons (Fsp3) is 0.472. The van der Waals surface area contributed by atoms with Crippen LogP contribution in [0.1, 0.15) is 89.3 Å². The number of nitrogens with two attached hydrogens (primary N) is 2. The maximum atomic E-state index is 14.0. The molecule has 8 atom stereocenters. The van der Waals surface area contributed by atoms with Gasteiger partial charge < -0.3 is 52.3 Å². The monoisotopic (exact) mass is 991 g/mol. The average Bonchev–Trinajstić information content (AvgIpc) is 4.23. The number of hydrogen-bond donors (Lipinski definition) is 10. The molecule has 8 aliphatic rings. The molecule has 0 aromatic heterocycles. The van der Waals surface area contributed by atoms with Gasteiger partial charge in [-0.2, -0.15) is 0 Å². The lowest BCUT2D eigenvalue weighted by Crippen LogP contribution is -2.65. The Morgan fingerprint density at radius 3 is 1.51 bits per heavy atom.